The molecule has 1 aromatic carbocycles. The first kappa shape index (κ1) is 12.5. The van der Waals surface area contributed by atoms with E-state index >= 15 is 0 Å². The van der Waals surface area contributed by atoms with E-state index in [0.29, 0.717) is 0 Å². The summed E-state index contributed by atoms with van der Waals surface area (Å²) in [7, 11) is -1.56. The average molecular weight is 229 g/mol. The Bertz CT molecular complexity index is 397. The second-order valence-corrected chi connectivity index (χ2v) is 4.78. The van der Waals surface area contributed by atoms with E-state index in [9.17, 15) is 0 Å². The lowest BCUT2D eigenvalue weighted by molar-refractivity contribution is 0.251. The summed E-state index contributed by atoms with van der Waals surface area (Å²) in [6.45, 7) is 2.50. The van der Waals surface area contributed by atoms with Crippen molar-refractivity contribution in [2.45, 2.75) is 6.92 Å². The van der Waals surface area contributed by atoms with Crippen molar-refractivity contribution < 1.29 is 8.85 Å². The molecule has 0 fully saturated rings. The van der Waals surface area contributed by atoms with E-state index in [1.54, 1.807) is 0 Å². The minimum absolute atomic E-state index is 0.243. The van der Waals surface area contributed by atoms with Gasteiger partial charge in [0.1, 0.15) is 0 Å². The van der Waals surface area contributed by atoms with E-state index in [1.807, 2.05) is 31.2 Å². The molecule has 0 aromatic heterocycles. The normalized spacial score (nSPS) is 9.75. The summed E-state index contributed by atoms with van der Waals surface area (Å²) >= 11 is 0. The minimum Gasteiger partial charge on any atom is -0.378 e. The molecule has 1 aromatic rings. The van der Waals surface area contributed by atoms with Gasteiger partial charge in [0.25, 0.3) is 0 Å². The lowest BCUT2D eigenvalue weighted by Crippen LogP contribution is -2.38. The highest BCUT2D eigenvalue weighted by molar-refractivity contribution is 6.61. The van der Waals surface area contributed by atoms with Gasteiger partial charge in [0.15, 0.2) is 0 Å². The van der Waals surface area contributed by atoms with Crippen LogP contribution in [0.3, 0.4) is 0 Å². The molecule has 0 unspecified atom stereocenters. The molecule has 81 valence electrons. The van der Waals surface area contributed by atoms with E-state index in [2.05, 4.69) is 11.8 Å². The zero-order valence-electron chi connectivity index (χ0n) is 9.19. The van der Waals surface area contributed by atoms with E-state index in [4.69, 9.17) is 21.7 Å². The van der Waals surface area contributed by atoms with Crippen molar-refractivity contribution >= 4 is 14.5 Å². The average Bonchev–Trinajstić information content (AvgIpc) is 2.31. The molecule has 1 rings (SSSR count). The summed E-state index contributed by atoms with van der Waals surface area (Å²) in [5.74, 6) is 4.87. The van der Waals surface area contributed by atoms with Crippen molar-refractivity contribution in [3.63, 3.8) is 0 Å². The van der Waals surface area contributed by atoms with Crippen molar-refractivity contribution in [3.05, 3.63) is 29.8 Å². The topological polar surface area (TPSA) is 18.5 Å². The summed E-state index contributed by atoms with van der Waals surface area (Å²) in [5, 5.41) is 1.05. The maximum absolute atomic E-state index is 5.51. The fourth-order valence-electron chi connectivity index (χ4n) is 1.21. The Morgan fingerprint density at radius 2 is 1.69 bits per heavy atom. The molecule has 0 heterocycles. The van der Waals surface area contributed by atoms with Crippen LogP contribution in [0.1, 0.15) is 5.56 Å². The van der Waals surface area contributed by atoms with Crippen molar-refractivity contribution in [2.24, 2.45) is 0 Å². The summed E-state index contributed by atoms with van der Waals surface area (Å²) < 4.78 is 11.0. The maximum Gasteiger partial charge on any atom is 0.425 e. The quantitative estimate of drug-likeness (QED) is 0.554. The molecular weight excluding hydrogens is 216 g/mol. The second kappa shape index (κ2) is 6.87. The number of terminal acetylenes is 2. The van der Waals surface area contributed by atoms with Gasteiger partial charge in [-0.3, -0.25) is 0 Å². The molecule has 0 atom stereocenters. The predicted molar refractivity (Wildman–Crippen MR) is 66.1 cm³/mol. The third-order valence-corrected chi connectivity index (χ3v) is 3.75. The summed E-state index contributed by atoms with van der Waals surface area (Å²) in [4.78, 5) is 0. The van der Waals surface area contributed by atoms with Gasteiger partial charge in [-0.15, -0.1) is 12.8 Å². The fraction of sp³-hybridized carbons (Fsp3) is 0.231. The van der Waals surface area contributed by atoms with Crippen molar-refractivity contribution in [3.8, 4) is 24.7 Å². The molecule has 0 bridgehead atoms. The molecule has 16 heavy (non-hydrogen) atoms. The fourth-order valence-corrected chi connectivity index (χ4v) is 2.67. The van der Waals surface area contributed by atoms with Gasteiger partial charge in [-0.2, -0.15) is 0 Å². The van der Waals surface area contributed by atoms with Crippen LogP contribution in [-0.4, -0.2) is 22.5 Å². The van der Waals surface area contributed by atoms with Crippen LogP contribution in [0.25, 0.3) is 0 Å². The monoisotopic (exact) mass is 229 g/mol. The minimum atomic E-state index is -1.56. The molecule has 2 nitrogen and oxygen atoms in total. The lowest BCUT2D eigenvalue weighted by Gasteiger charge is -2.14. The Hall–Kier alpha value is -1.52. The predicted octanol–water partition coefficient (Wildman–Crippen LogP) is 0.990. The van der Waals surface area contributed by atoms with E-state index < -0.39 is 9.28 Å². The Kier molecular flexibility index (Phi) is 5.39. The van der Waals surface area contributed by atoms with Crippen LogP contribution in [0.2, 0.25) is 0 Å². The molecule has 0 aliphatic carbocycles. The number of rotatable bonds is 5. The Labute approximate surface area is 98.4 Å². The molecule has 0 N–H and O–H groups in total. The first-order chi connectivity index (χ1) is 7.79. The van der Waals surface area contributed by atoms with Crippen LogP contribution in [-0.2, 0) is 8.85 Å². The Morgan fingerprint density at radius 3 is 2.19 bits per heavy atom. The molecule has 0 spiro atoms. The van der Waals surface area contributed by atoms with Gasteiger partial charge in [-0.1, -0.05) is 36.1 Å². The molecule has 0 aliphatic rings. The van der Waals surface area contributed by atoms with Gasteiger partial charge in [0.05, 0.1) is 13.2 Å². The van der Waals surface area contributed by atoms with Crippen LogP contribution in [0, 0.1) is 31.6 Å². The third-order valence-electron chi connectivity index (χ3n) is 1.94. The second-order valence-electron chi connectivity index (χ2n) is 3.09. The van der Waals surface area contributed by atoms with Gasteiger partial charge >= 0.3 is 9.28 Å². The smallest absolute Gasteiger partial charge is 0.378 e. The first-order valence-corrected chi connectivity index (χ1v) is 6.16. The van der Waals surface area contributed by atoms with E-state index in [1.165, 1.54) is 0 Å². The molecule has 0 amide bonds. The van der Waals surface area contributed by atoms with Crippen LogP contribution in [0.5, 0.6) is 0 Å². The van der Waals surface area contributed by atoms with Crippen molar-refractivity contribution in [2.75, 3.05) is 13.2 Å². The maximum atomic E-state index is 5.51. The molecule has 0 saturated heterocycles. The van der Waals surface area contributed by atoms with Crippen molar-refractivity contribution in [1.29, 1.82) is 0 Å². The zero-order valence-corrected chi connectivity index (χ0v) is 10.2. The van der Waals surface area contributed by atoms with E-state index in [-0.39, 0.29) is 13.2 Å². The van der Waals surface area contributed by atoms with Gasteiger partial charge < -0.3 is 8.85 Å². The first-order valence-electron chi connectivity index (χ1n) is 4.85. The summed E-state index contributed by atoms with van der Waals surface area (Å²) in [6.07, 6.45) is 10.3. The SMILES string of the molecule is C#CCO[Si](OCC#C)c1ccccc1C. The van der Waals surface area contributed by atoms with Crippen LogP contribution in [0.4, 0.5) is 0 Å². The van der Waals surface area contributed by atoms with Crippen LogP contribution in [0.15, 0.2) is 24.3 Å². The highest BCUT2D eigenvalue weighted by atomic mass is 28.3. The Balaban J connectivity index is 2.80. The largest absolute Gasteiger partial charge is 0.425 e. The molecule has 1 radical (unpaired) electrons. The van der Waals surface area contributed by atoms with Gasteiger partial charge in [0, 0.05) is 0 Å². The van der Waals surface area contributed by atoms with Gasteiger partial charge in [-0.05, 0) is 17.7 Å². The van der Waals surface area contributed by atoms with E-state index in [0.717, 1.165) is 10.8 Å². The Morgan fingerprint density at radius 1 is 1.12 bits per heavy atom. The standard InChI is InChI=1S/C13H13O2Si/c1-4-10-14-16(15-11-5-2)13-9-7-6-8-12(13)3/h1-2,6-9H,10-11H2,3H3. The van der Waals surface area contributed by atoms with Gasteiger partial charge in [-0.25, -0.2) is 0 Å². The molecular formula is C13H13O2Si. The highest BCUT2D eigenvalue weighted by Gasteiger charge is 2.20. The molecule has 3 heteroatoms. The molecule has 0 saturated carbocycles. The molecule has 0 aliphatic heterocycles. The zero-order chi connectivity index (χ0) is 11.8. The number of hydrogen-bond acceptors (Lipinski definition) is 2. The highest BCUT2D eigenvalue weighted by Crippen LogP contribution is 1.99. The van der Waals surface area contributed by atoms with Crippen LogP contribution >= 0.6 is 0 Å². The number of benzene rings is 1. The van der Waals surface area contributed by atoms with Crippen LogP contribution < -0.4 is 5.19 Å². The van der Waals surface area contributed by atoms with Gasteiger partial charge in [0.2, 0.25) is 0 Å². The third kappa shape index (κ3) is 3.56. The van der Waals surface area contributed by atoms with Crippen molar-refractivity contribution in [1.82, 2.24) is 0 Å². The lowest BCUT2D eigenvalue weighted by atomic mass is 10.2. The summed E-state index contributed by atoms with van der Waals surface area (Å²) in [6, 6.07) is 7.92. The number of hydrogen-bond donors (Lipinski definition) is 0. The number of aryl methyl sites for hydroxylation is 1. The summed E-state index contributed by atoms with van der Waals surface area (Å²) in [5.41, 5.74) is 1.13.